The molecule has 4 N–H and O–H groups in total. The number of rotatable bonds is 5. The number of hydrogen-bond acceptors (Lipinski definition) is 4. The zero-order valence-corrected chi connectivity index (χ0v) is 9.65. The van der Waals surface area contributed by atoms with Crippen LogP contribution < -0.4 is 5.73 Å². The smallest absolute Gasteiger partial charge is 0.320 e. The molecule has 0 bridgehead atoms. The number of phenols is 1. The molecule has 0 fully saturated rings. The number of aromatic hydroxyl groups is 1. The van der Waals surface area contributed by atoms with Crippen molar-refractivity contribution in [3.63, 3.8) is 0 Å². The molecule has 5 nitrogen and oxygen atoms in total. The molecule has 0 aromatic heterocycles. The number of carboxylic acids is 1. The van der Waals surface area contributed by atoms with Gasteiger partial charge in [0.2, 0.25) is 0 Å². The lowest BCUT2D eigenvalue weighted by Gasteiger charge is -2.10. The third kappa shape index (κ3) is 3.44. The number of phenolic OH excluding ortho intramolecular Hbond substituents is 1. The summed E-state index contributed by atoms with van der Waals surface area (Å²) in [5.41, 5.74) is 6.06. The van der Waals surface area contributed by atoms with Crippen LogP contribution in [0.4, 0.5) is 0 Å². The van der Waals surface area contributed by atoms with E-state index in [9.17, 15) is 14.7 Å². The van der Waals surface area contributed by atoms with E-state index in [-0.39, 0.29) is 29.4 Å². The van der Waals surface area contributed by atoms with Gasteiger partial charge in [0.05, 0.1) is 5.88 Å². The Labute approximate surface area is 103 Å². The monoisotopic (exact) mass is 257 g/mol. The number of carbonyl (C=O) groups is 2. The van der Waals surface area contributed by atoms with Crippen LogP contribution in [0, 0.1) is 0 Å². The Bertz CT molecular complexity index is 447. The van der Waals surface area contributed by atoms with Crippen LogP contribution in [0.2, 0.25) is 0 Å². The highest BCUT2D eigenvalue weighted by molar-refractivity contribution is 6.30. The lowest BCUT2D eigenvalue weighted by molar-refractivity contribution is -0.138. The summed E-state index contributed by atoms with van der Waals surface area (Å²) >= 11 is 5.43. The standard InChI is InChI=1S/C11H12ClNO4/c12-5-10(15)8-4-7(14)2-1-6(8)3-9(13)11(16)17/h1-2,4,9,14H,3,5,13H2,(H,16,17). The third-order valence-corrected chi connectivity index (χ3v) is 2.51. The second-order valence-corrected chi connectivity index (χ2v) is 3.81. The molecule has 0 saturated heterocycles. The van der Waals surface area contributed by atoms with Gasteiger partial charge < -0.3 is 15.9 Å². The number of aliphatic carboxylic acids is 1. The number of hydrogen-bond donors (Lipinski definition) is 3. The second-order valence-electron chi connectivity index (χ2n) is 3.55. The Balaban J connectivity index is 3.06. The van der Waals surface area contributed by atoms with Gasteiger partial charge in [0, 0.05) is 5.56 Å². The van der Waals surface area contributed by atoms with E-state index in [0.29, 0.717) is 5.56 Å². The maximum Gasteiger partial charge on any atom is 0.320 e. The summed E-state index contributed by atoms with van der Waals surface area (Å²) in [6, 6.07) is 3.00. The first-order valence-corrected chi connectivity index (χ1v) is 5.38. The van der Waals surface area contributed by atoms with Crippen LogP contribution >= 0.6 is 11.6 Å². The quantitative estimate of drug-likeness (QED) is 0.534. The number of carboxylic acid groups (broad SMARTS) is 1. The Morgan fingerprint density at radius 3 is 2.59 bits per heavy atom. The lowest BCUT2D eigenvalue weighted by atomic mass is 9.98. The van der Waals surface area contributed by atoms with Crippen molar-refractivity contribution in [3.8, 4) is 5.75 Å². The number of Topliss-reactive ketones (excluding diaryl/α,β-unsaturated/α-hetero) is 1. The van der Waals surface area contributed by atoms with Crippen LogP contribution in [0.1, 0.15) is 15.9 Å². The molecule has 0 aliphatic heterocycles. The van der Waals surface area contributed by atoms with Gasteiger partial charge in [-0.1, -0.05) is 6.07 Å². The highest BCUT2D eigenvalue weighted by atomic mass is 35.5. The molecule has 1 rings (SSSR count). The van der Waals surface area contributed by atoms with Crippen LogP contribution in [-0.2, 0) is 11.2 Å². The lowest BCUT2D eigenvalue weighted by Crippen LogP contribution is -2.32. The summed E-state index contributed by atoms with van der Waals surface area (Å²) in [4.78, 5) is 22.1. The summed E-state index contributed by atoms with van der Waals surface area (Å²) in [5.74, 6) is -1.85. The maximum atomic E-state index is 11.5. The fraction of sp³-hybridized carbons (Fsp3) is 0.273. The van der Waals surface area contributed by atoms with E-state index >= 15 is 0 Å². The summed E-state index contributed by atoms with van der Waals surface area (Å²) in [6.45, 7) is 0. The first-order chi connectivity index (χ1) is 7.95. The molecular weight excluding hydrogens is 246 g/mol. The zero-order chi connectivity index (χ0) is 13.0. The van der Waals surface area contributed by atoms with E-state index in [2.05, 4.69) is 0 Å². The maximum absolute atomic E-state index is 11.5. The van der Waals surface area contributed by atoms with Gasteiger partial charge in [0.1, 0.15) is 11.8 Å². The minimum Gasteiger partial charge on any atom is -0.508 e. The number of nitrogens with two attached hydrogens (primary N) is 1. The highest BCUT2D eigenvalue weighted by Gasteiger charge is 2.17. The predicted octanol–water partition coefficient (Wildman–Crippen LogP) is 0.768. The molecule has 1 aromatic carbocycles. The Morgan fingerprint density at radius 1 is 1.41 bits per heavy atom. The molecule has 0 heterocycles. The topological polar surface area (TPSA) is 101 Å². The van der Waals surface area contributed by atoms with E-state index in [1.54, 1.807) is 0 Å². The molecule has 0 aliphatic rings. The molecule has 0 aliphatic carbocycles. The molecule has 1 aromatic rings. The van der Waals surface area contributed by atoms with E-state index in [0.717, 1.165) is 0 Å². The summed E-state index contributed by atoms with van der Waals surface area (Å²) in [5, 5.41) is 18.0. The molecule has 1 atom stereocenters. The van der Waals surface area contributed by atoms with Gasteiger partial charge in [-0.3, -0.25) is 9.59 Å². The SMILES string of the molecule is NC(Cc1ccc(O)cc1C(=O)CCl)C(=O)O. The van der Waals surface area contributed by atoms with Crippen LogP contribution in [-0.4, -0.2) is 33.9 Å². The number of carbonyl (C=O) groups excluding carboxylic acids is 1. The van der Waals surface area contributed by atoms with Gasteiger partial charge in [0.15, 0.2) is 5.78 Å². The van der Waals surface area contributed by atoms with Crippen LogP contribution in [0.5, 0.6) is 5.75 Å². The second kappa shape index (κ2) is 5.65. The van der Waals surface area contributed by atoms with Crippen molar-refractivity contribution in [2.45, 2.75) is 12.5 Å². The fourth-order valence-electron chi connectivity index (χ4n) is 1.40. The van der Waals surface area contributed by atoms with Crippen LogP contribution in [0.3, 0.4) is 0 Å². The first kappa shape index (κ1) is 13.5. The van der Waals surface area contributed by atoms with Crippen molar-refractivity contribution in [3.05, 3.63) is 29.3 Å². The van der Waals surface area contributed by atoms with Crippen molar-refractivity contribution in [2.75, 3.05) is 5.88 Å². The number of benzene rings is 1. The summed E-state index contributed by atoms with van der Waals surface area (Å²) < 4.78 is 0. The van der Waals surface area contributed by atoms with Crippen molar-refractivity contribution in [2.24, 2.45) is 5.73 Å². The molecule has 0 spiro atoms. The minimum atomic E-state index is -1.15. The average molecular weight is 258 g/mol. The number of alkyl halides is 1. The zero-order valence-electron chi connectivity index (χ0n) is 8.89. The van der Waals surface area contributed by atoms with Gasteiger partial charge in [-0.25, -0.2) is 0 Å². The van der Waals surface area contributed by atoms with Gasteiger partial charge in [-0.05, 0) is 24.1 Å². The predicted molar refractivity (Wildman–Crippen MR) is 62.5 cm³/mol. The Morgan fingerprint density at radius 2 is 2.06 bits per heavy atom. The number of halogens is 1. The average Bonchev–Trinajstić information content (AvgIpc) is 2.30. The molecule has 92 valence electrons. The highest BCUT2D eigenvalue weighted by Crippen LogP contribution is 2.19. The molecular formula is C11H12ClNO4. The van der Waals surface area contributed by atoms with E-state index in [1.807, 2.05) is 0 Å². The normalized spacial score (nSPS) is 12.1. The van der Waals surface area contributed by atoms with Gasteiger partial charge in [-0.2, -0.15) is 0 Å². The van der Waals surface area contributed by atoms with E-state index in [4.69, 9.17) is 22.4 Å². The summed E-state index contributed by atoms with van der Waals surface area (Å²) in [7, 11) is 0. The number of ketones is 1. The minimum absolute atomic E-state index is 0.00752. The molecule has 6 heteroatoms. The Kier molecular flexibility index (Phi) is 4.48. The van der Waals surface area contributed by atoms with E-state index < -0.39 is 12.0 Å². The summed E-state index contributed by atoms with van der Waals surface area (Å²) in [6.07, 6.45) is 0.00752. The van der Waals surface area contributed by atoms with Crippen molar-refractivity contribution in [1.29, 1.82) is 0 Å². The molecule has 0 saturated carbocycles. The van der Waals surface area contributed by atoms with Crippen molar-refractivity contribution >= 4 is 23.4 Å². The largest absolute Gasteiger partial charge is 0.508 e. The molecule has 17 heavy (non-hydrogen) atoms. The van der Waals surface area contributed by atoms with Crippen LogP contribution in [0.15, 0.2) is 18.2 Å². The van der Waals surface area contributed by atoms with Gasteiger partial charge >= 0.3 is 5.97 Å². The van der Waals surface area contributed by atoms with E-state index in [1.165, 1.54) is 18.2 Å². The first-order valence-electron chi connectivity index (χ1n) is 4.85. The van der Waals surface area contributed by atoms with Gasteiger partial charge in [-0.15, -0.1) is 11.6 Å². The Hall–Kier alpha value is -1.59. The van der Waals surface area contributed by atoms with Gasteiger partial charge in [0.25, 0.3) is 0 Å². The van der Waals surface area contributed by atoms with Crippen LogP contribution in [0.25, 0.3) is 0 Å². The van der Waals surface area contributed by atoms with Crippen molar-refractivity contribution < 1.29 is 19.8 Å². The molecule has 0 radical (unpaired) electrons. The third-order valence-electron chi connectivity index (χ3n) is 2.27. The molecule has 0 amide bonds. The van der Waals surface area contributed by atoms with Crippen molar-refractivity contribution in [1.82, 2.24) is 0 Å². The molecule has 1 unspecified atom stereocenters. The fourth-order valence-corrected chi connectivity index (χ4v) is 1.54.